The summed E-state index contributed by atoms with van der Waals surface area (Å²) in [6.45, 7) is 1.07. The number of benzene rings is 1. The van der Waals surface area contributed by atoms with Gasteiger partial charge in [0.1, 0.15) is 0 Å². The fourth-order valence-corrected chi connectivity index (χ4v) is 2.43. The van der Waals surface area contributed by atoms with Crippen molar-refractivity contribution in [1.82, 2.24) is 5.43 Å². The number of hydrogen-bond donors (Lipinski definition) is 1. The topological polar surface area (TPSA) is 15.3 Å². The van der Waals surface area contributed by atoms with Crippen LogP contribution in [0.2, 0.25) is 0 Å². The fraction of sp³-hybridized carbons (Fsp3) is 0.385. The number of para-hydroxylation sites is 1. The first-order chi connectivity index (χ1) is 7.43. The van der Waals surface area contributed by atoms with Gasteiger partial charge in [0.05, 0.1) is 12.2 Å². The van der Waals surface area contributed by atoms with Crippen LogP contribution in [0, 0.1) is 0 Å². The fourth-order valence-electron chi connectivity index (χ4n) is 2.43. The molecule has 0 aromatic heterocycles. The molecule has 15 heavy (non-hydrogen) atoms. The van der Waals surface area contributed by atoms with Gasteiger partial charge in [0.25, 0.3) is 0 Å². The SMILES string of the molecule is c1ccc(N2CC3=C(CCCC3)N2)cc1. The smallest absolute Gasteiger partial charge is 0.0624 e. The first-order valence-corrected chi connectivity index (χ1v) is 5.73. The van der Waals surface area contributed by atoms with Crippen molar-refractivity contribution in [1.29, 1.82) is 0 Å². The predicted octanol–water partition coefficient (Wildman–Crippen LogP) is 2.84. The maximum absolute atomic E-state index is 3.52. The summed E-state index contributed by atoms with van der Waals surface area (Å²) >= 11 is 0. The Balaban J connectivity index is 1.79. The van der Waals surface area contributed by atoms with E-state index >= 15 is 0 Å². The van der Waals surface area contributed by atoms with Gasteiger partial charge in [-0.2, -0.15) is 0 Å². The molecule has 0 unspecified atom stereocenters. The molecule has 0 bridgehead atoms. The van der Waals surface area contributed by atoms with Crippen LogP contribution in [-0.2, 0) is 0 Å². The molecule has 1 aromatic rings. The van der Waals surface area contributed by atoms with Crippen LogP contribution in [0.1, 0.15) is 25.7 Å². The van der Waals surface area contributed by atoms with E-state index in [4.69, 9.17) is 0 Å². The summed E-state index contributed by atoms with van der Waals surface area (Å²) in [5.74, 6) is 0. The Morgan fingerprint density at radius 3 is 2.60 bits per heavy atom. The summed E-state index contributed by atoms with van der Waals surface area (Å²) in [6, 6.07) is 10.6. The molecular formula is C13H16N2. The minimum atomic E-state index is 1.07. The average Bonchev–Trinajstić information content (AvgIpc) is 2.74. The number of nitrogens with zero attached hydrogens (tertiary/aromatic N) is 1. The van der Waals surface area contributed by atoms with Crippen LogP contribution in [0.3, 0.4) is 0 Å². The molecule has 0 saturated carbocycles. The lowest BCUT2D eigenvalue weighted by atomic mass is 9.98. The Bertz CT molecular complexity index is 363. The van der Waals surface area contributed by atoms with E-state index in [0.29, 0.717) is 0 Å². The molecule has 3 rings (SSSR count). The van der Waals surface area contributed by atoms with Crippen LogP contribution < -0.4 is 10.4 Å². The molecule has 2 aliphatic rings. The second kappa shape index (κ2) is 3.61. The molecule has 1 aromatic carbocycles. The van der Waals surface area contributed by atoms with Crippen molar-refractivity contribution < 1.29 is 0 Å². The molecule has 2 nitrogen and oxygen atoms in total. The van der Waals surface area contributed by atoms with Gasteiger partial charge in [-0.1, -0.05) is 18.2 Å². The third-order valence-electron chi connectivity index (χ3n) is 3.27. The number of nitrogens with one attached hydrogen (secondary N) is 1. The third-order valence-corrected chi connectivity index (χ3v) is 3.27. The molecule has 1 aliphatic heterocycles. The van der Waals surface area contributed by atoms with E-state index in [1.807, 2.05) is 0 Å². The zero-order valence-electron chi connectivity index (χ0n) is 8.87. The summed E-state index contributed by atoms with van der Waals surface area (Å²) in [7, 11) is 0. The lowest BCUT2D eigenvalue weighted by molar-refractivity contribution is 0.659. The number of rotatable bonds is 1. The zero-order valence-corrected chi connectivity index (χ0v) is 8.87. The second-order valence-electron chi connectivity index (χ2n) is 4.32. The number of allylic oxidation sites excluding steroid dienone is 1. The van der Waals surface area contributed by atoms with E-state index in [1.165, 1.54) is 37.1 Å². The molecule has 1 aliphatic carbocycles. The highest BCUT2D eigenvalue weighted by Gasteiger charge is 2.23. The molecule has 0 spiro atoms. The third kappa shape index (κ3) is 1.60. The Hall–Kier alpha value is -1.44. The molecule has 0 fully saturated rings. The molecule has 1 N–H and O–H groups in total. The molecule has 0 atom stereocenters. The van der Waals surface area contributed by atoms with E-state index in [0.717, 1.165) is 6.54 Å². The van der Waals surface area contributed by atoms with Gasteiger partial charge in [-0.15, -0.1) is 0 Å². The van der Waals surface area contributed by atoms with Crippen molar-refractivity contribution in [3.05, 3.63) is 41.6 Å². The van der Waals surface area contributed by atoms with Crippen LogP contribution in [0.25, 0.3) is 0 Å². The average molecular weight is 200 g/mol. The largest absolute Gasteiger partial charge is 0.302 e. The quantitative estimate of drug-likeness (QED) is 0.750. The molecule has 0 amide bonds. The van der Waals surface area contributed by atoms with Gasteiger partial charge in [0, 0.05) is 5.70 Å². The molecule has 1 heterocycles. The first kappa shape index (κ1) is 8.84. The van der Waals surface area contributed by atoms with Crippen molar-refractivity contribution in [3.63, 3.8) is 0 Å². The van der Waals surface area contributed by atoms with Gasteiger partial charge in [0.15, 0.2) is 0 Å². The molecule has 0 saturated heterocycles. The van der Waals surface area contributed by atoms with E-state index < -0.39 is 0 Å². The van der Waals surface area contributed by atoms with Gasteiger partial charge in [-0.25, -0.2) is 0 Å². The summed E-state index contributed by atoms with van der Waals surface area (Å²) in [6.07, 6.45) is 5.22. The van der Waals surface area contributed by atoms with Crippen molar-refractivity contribution >= 4 is 5.69 Å². The van der Waals surface area contributed by atoms with E-state index in [9.17, 15) is 0 Å². The maximum Gasteiger partial charge on any atom is 0.0624 e. The minimum absolute atomic E-state index is 1.07. The van der Waals surface area contributed by atoms with Crippen molar-refractivity contribution in [2.75, 3.05) is 11.6 Å². The summed E-state index contributed by atoms with van der Waals surface area (Å²) in [5.41, 5.74) is 7.89. The molecule has 0 radical (unpaired) electrons. The van der Waals surface area contributed by atoms with Gasteiger partial charge in [-0.05, 0) is 43.4 Å². The van der Waals surface area contributed by atoms with Gasteiger partial charge in [0.2, 0.25) is 0 Å². The summed E-state index contributed by atoms with van der Waals surface area (Å²) in [5, 5.41) is 2.26. The normalized spacial score (nSPS) is 20.1. The Labute approximate surface area is 90.6 Å². The predicted molar refractivity (Wildman–Crippen MR) is 62.4 cm³/mol. The van der Waals surface area contributed by atoms with E-state index in [1.54, 1.807) is 5.57 Å². The number of hydrazine groups is 1. The highest BCUT2D eigenvalue weighted by Crippen LogP contribution is 2.29. The van der Waals surface area contributed by atoms with Crippen LogP contribution in [0.4, 0.5) is 5.69 Å². The standard InChI is InChI=1S/C13H16N2/c1-2-7-12(8-3-1)15-10-11-6-4-5-9-13(11)14-15/h1-3,7-8,14H,4-6,9-10H2. The second-order valence-corrected chi connectivity index (χ2v) is 4.32. The van der Waals surface area contributed by atoms with Crippen LogP contribution >= 0.6 is 0 Å². The summed E-state index contributed by atoms with van der Waals surface area (Å²) in [4.78, 5) is 0. The van der Waals surface area contributed by atoms with Crippen molar-refractivity contribution in [3.8, 4) is 0 Å². The highest BCUT2D eigenvalue weighted by molar-refractivity contribution is 5.49. The van der Waals surface area contributed by atoms with E-state index in [-0.39, 0.29) is 0 Å². The molecular weight excluding hydrogens is 184 g/mol. The zero-order chi connectivity index (χ0) is 10.1. The van der Waals surface area contributed by atoms with Crippen LogP contribution in [0.5, 0.6) is 0 Å². The number of anilines is 1. The van der Waals surface area contributed by atoms with Gasteiger partial charge >= 0.3 is 0 Å². The number of hydrogen-bond acceptors (Lipinski definition) is 2. The lowest BCUT2D eigenvalue weighted by Gasteiger charge is -2.20. The Morgan fingerprint density at radius 2 is 1.80 bits per heavy atom. The Kier molecular flexibility index (Phi) is 2.13. The highest BCUT2D eigenvalue weighted by atomic mass is 15.5. The van der Waals surface area contributed by atoms with Crippen LogP contribution in [0.15, 0.2) is 41.6 Å². The van der Waals surface area contributed by atoms with E-state index in [2.05, 4.69) is 40.8 Å². The van der Waals surface area contributed by atoms with Crippen molar-refractivity contribution in [2.24, 2.45) is 0 Å². The van der Waals surface area contributed by atoms with Gasteiger partial charge < -0.3 is 5.43 Å². The molecule has 2 heteroatoms. The monoisotopic (exact) mass is 200 g/mol. The maximum atomic E-state index is 3.52. The van der Waals surface area contributed by atoms with Crippen molar-refractivity contribution in [2.45, 2.75) is 25.7 Å². The van der Waals surface area contributed by atoms with Crippen LogP contribution in [-0.4, -0.2) is 6.54 Å². The van der Waals surface area contributed by atoms with Gasteiger partial charge in [-0.3, -0.25) is 5.01 Å². The first-order valence-electron chi connectivity index (χ1n) is 5.73. The molecule has 78 valence electrons. The summed E-state index contributed by atoms with van der Waals surface area (Å²) < 4.78 is 0. The lowest BCUT2D eigenvalue weighted by Crippen LogP contribution is -2.31. The Morgan fingerprint density at radius 1 is 1.00 bits per heavy atom. The minimum Gasteiger partial charge on any atom is -0.302 e.